The first-order valence-electron chi connectivity index (χ1n) is 6.55. The van der Waals surface area contributed by atoms with Crippen LogP contribution in [0.1, 0.15) is 16.7 Å². The maximum atomic E-state index is 6.15. The Kier molecular flexibility index (Phi) is 4.53. The molecule has 0 radical (unpaired) electrons. The lowest BCUT2D eigenvalue weighted by Gasteiger charge is -2.20. The molecule has 21 heavy (non-hydrogen) atoms. The normalized spacial score (nSPS) is 10.5. The molecule has 0 saturated heterocycles. The second-order valence-corrected chi connectivity index (χ2v) is 5.39. The number of hydrogen-bond acceptors (Lipinski definition) is 5. The Balaban J connectivity index is 2.28. The van der Waals surface area contributed by atoms with Crippen molar-refractivity contribution >= 4 is 23.2 Å². The van der Waals surface area contributed by atoms with Crippen molar-refractivity contribution in [2.75, 3.05) is 24.8 Å². The first-order valence-corrected chi connectivity index (χ1v) is 6.93. The standard InChI is InChI=1S/C15H19ClN4O/c1-9-5-11(6-10(2)13(9)21-4)7-20(3)15-12(16)14(17)18-8-19-15/h5-6,8H,7H2,1-4H3,(H2,17,18,19). The molecule has 1 heterocycles. The zero-order valence-electron chi connectivity index (χ0n) is 12.6. The van der Waals surface area contributed by atoms with E-state index in [1.54, 1.807) is 7.11 Å². The summed E-state index contributed by atoms with van der Waals surface area (Å²) in [6.45, 7) is 4.73. The molecule has 2 N–H and O–H groups in total. The monoisotopic (exact) mass is 306 g/mol. The molecular weight excluding hydrogens is 288 g/mol. The minimum Gasteiger partial charge on any atom is -0.496 e. The van der Waals surface area contributed by atoms with Gasteiger partial charge >= 0.3 is 0 Å². The highest BCUT2D eigenvalue weighted by molar-refractivity contribution is 6.35. The van der Waals surface area contributed by atoms with Crippen LogP contribution in [-0.4, -0.2) is 24.1 Å². The fourth-order valence-corrected chi connectivity index (χ4v) is 2.68. The van der Waals surface area contributed by atoms with Crippen LogP contribution in [0.15, 0.2) is 18.5 Å². The summed E-state index contributed by atoms with van der Waals surface area (Å²) in [5, 5.41) is 0.377. The van der Waals surface area contributed by atoms with Crippen LogP contribution in [0.3, 0.4) is 0 Å². The molecule has 1 aromatic carbocycles. The van der Waals surface area contributed by atoms with E-state index in [2.05, 4.69) is 22.1 Å². The number of benzene rings is 1. The second kappa shape index (κ2) is 6.18. The van der Waals surface area contributed by atoms with Crippen molar-refractivity contribution < 1.29 is 4.74 Å². The van der Waals surface area contributed by atoms with Gasteiger partial charge in [-0.1, -0.05) is 23.7 Å². The molecule has 0 fully saturated rings. The van der Waals surface area contributed by atoms with Gasteiger partial charge in [0.15, 0.2) is 5.82 Å². The highest BCUT2D eigenvalue weighted by Crippen LogP contribution is 2.29. The van der Waals surface area contributed by atoms with E-state index in [-0.39, 0.29) is 5.82 Å². The fraction of sp³-hybridized carbons (Fsp3) is 0.333. The van der Waals surface area contributed by atoms with Gasteiger partial charge in [0.2, 0.25) is 0 Å². The van der Waals surface area contributed by atoms with Crippen LogP contribution in [0.5, 0.6) is 5.75 Å². The van der Waals surface area contributed by atoms with E-state index in [4.69, 9.17) is 22.1 Å². The Labute approximate surface area is 129 Å². The van der Waals surface area contributed by atoms with Gasteiger partial charge in [-0.05, 0) is 30.5 Å². The maximum absolute atomic E-state index is 6.15. The van der Waals surface area contributed by atoms with Gasteiger partial charge in [-0.15, -0.1) is 0 Å². The van der Waals surface area contributed by atoms with Gasteiger partial charge in [-0.25, -0.2) is 9.97 Å². The maximum Gasteiger partial charge on any atom is 0.153 e. The van der Waals surface area contributed by atoms with Gasteiger partial charge in [0.25, 0.3) is 0 Å². The number of ether oxygens (including phenoxy) is 1. The zero-order chi connectivity index (χ0) is 15.6. The Morgan fingerprint density at radius 3 is 2.43 bits per heavy atom. The van der Waals surface area contributed by atoms with Crippen LogP contribution < -0.4 is 15.4 Å². The van der Waals surface area contributed by atoms with Crippen molar-refractivity contribution in [1.82, 2.24) is 9.97 Å². The number of rotatable bonds is 4. The molecule has 0 bridgehead atoms. The van der Waals surface area contributed by atoms with E-state index in [1.807, 2.05) is 25.8 Å². The first-order chi connectivity index (χ1) is 9.93. The minimum atomic E-state index is 0.288. The summed E-state index contributed by atoms with van der Waals surface area (Å²) < 4.78 is 5.38. The van der Waals surface area contributed by atoms with Crippen LogP contribution in [-0.2, 0) is 6.54 Å². The van der Waals surface area contributed by atoms with Gasteiger partial charge in [-0.2, -0.15) is 0 Å². The molecule has 0 atom stereocenters. The molecule has 0 aliphatic heterocycles. The summed E-state index contributed by atoms with van der Waals surface area (Å²) in [6, 6.07) is 4.20. The predicted molar refractivity (Wildman–Crippen MR) is 86.0 cm³/mol. The second-order valence-electron chi connectivity index (χ2n) is 5.02. The first kappa shape index (κ1) is 15.4. The molecule has 0 amide bonds. The average Bonchev–Trinajstić information content (AvgIpc) is 2.41. The summed E-state index contributed by atoms with van der Waals surface area (Å²) in [6.07, 6.45) is 1.41. The summed E-state index contributed by atoms with van der Waals surface area (Å²) in [4.78, 5) is 10.0. The van der Waals surface area contributed by atoms with Crippen molar-refractivity contribution in [3.8, 4) is 5.75 Å². The molecule has 0 aliphatic rings. The molecule has 2 aromatic rings. The predicted octanol–water partition coefficient (Wildman–Crippen LogP) is 2.97. The third-order valence-electron chi connectivity index (χ3n) is 3.30. The number of nitrogens with zero attached hydrogens (tertiary/aromatic N) is 3. The molecule has 112 valence electrons. The third-order valence-corrected chi connectivity index (χ3v) is 3.67. The van der Waals surface area contributed by atoms with Gasteiger partial charge in [0.05, 0.1) is 7.11 Å². The number of methoxy groups -OCH3 is 1. The molecular formula is C15H19ClN4O. The van der Waals surface area contributed by atoms with E-state index in [0.29, 0.717) is 17.4 Å². The fourth-order valence-electron chi connectivity index (χ4n) is 2.44. The molecule has 6 heteroatoms. The lowest BCUT2D eigenvalue weighted by Crippen LogP contribution is -2.19. The minimum absolute atomic E-state index is 0.288. The van der Waals surface area contributed by atoms with Crippen LogP contribution in [0, 0.1) is 13.8 Å². The third kappa shape index (κ3) is 3.19. The van der Waals surface area contributed by atoms with Crippen molar-refractivity contribution in [1.29, 1.82) is 0 Å². The van der Waals surface area contributed by atoms with E-state index in [1.165, 1.54) is 6.33 Å². The molecule has 5 nitrogen and oxygen atoms in total. The molecule has 0 spiro atoms. The van der Waals surface area contributed by atoms with Crippen LogP contribution in [0.2, 0.25) is 5.02 Å². The van der Waals surface area contributed by atoms with Gasteiger partial charge in [-0.3, -0.25) is 0 Å². The van der Waals surface area contributed by atoms with Crippen molar-refractivity contribution in [3.63, 3.8) is 0 Å². The molecule has 0 aliphatic carbocycles. The highest BCUT2D eigenvalue weighted by atomic mass is 35.5. The van der Waals surface area contributed by atoms with E-state index >= 15 is 0 Å². The molecule has 0 unspecified atom stereocenters. The lowest BCUT2D eigenvalue weighted by molar-refractivity contribution is 0.408. The number of nitrogens with two attached hydrogens (primary N) is 1. The highest BCUT2D eigenvalue weighted by Gasteiger charge is 2.13. The quantitative estimate of drug-likeness (QED) is 0.941. The van der Waals surface area contributed by atoms with Gasteiger partial charge in [0.1, 0.15) is 22.9 Å². The Morgan fingerprint density at radius 1 is 1.24 bits per heavy atom. The van der Waals surface area contributed by atoms with Gasteiger partial charge in [0, 0.05) is 13.6 Å². The van der Waals surface area contributed by atoms with Crippen molar-refractivity contribution in [2.24, 2.45) is 0 Å². The number of nitrogen functional groups attached to an aromatic ring is 1. The van der Waals surface area contributed by atoms with Crippen molar-refractivity contribution in [3.05, 3.63) is 40.2 Å². The summed E-state index contributed by atoms with van der Waals surface area (Å²) >= 11 is 6.15. The summed E-state index contributed by atoms with van der Waals surface area (Å²) in [5.41, 5.74) is 9.08. The Bertz CT molecular complexity index is 637. The molecule has 2 rings (SSSR count). The molecule has 1 aromatic heterocycles. The van der Waals surface area contributed by atoms with E-state index in [9.17, 15) is 0 Å². The lowest BCUT2D eigenvalue weighted by atomic mass is 10.1. The summed E-state index contributed by atoms with van der Waals surface area (Å²) in [5.74, 6) is 1.83. The van der Waals surface area contributed by atoms with Crippen LogP contribution in [0.4, 0.5) is 11.6 Å². The SMILES string of the molecule is COc1c(C)cc(CN(C)c2ncnc(N)c2Cl)cc1C. The topological polar surface area (TPSA) is 64.3 Å². The number of hydrogen-bond donors (Lipinski definition) is 1. The number of anilines is 2. The van der Waals surface area contributed by atoms with E-state index < -0.39 is 0 Å². The van der Waals surface area contributed by atoms with Crippen molar-refractivity contribution in [2.45, 2.75) is 20.4 Å². The smallest absolute Gasteiger partial charge is 0.153 e. The zero-order valence-corrected chi connectivity index (χ0v) is 13.4. The Morgan fingerprint density at radius 2 is 1.86 bits per heavy atom. The average molecular weight is 307 g/mol. The van der Waals surface area contributed by atoms with Gasteiger partial charge < -0.3 is 15.4 Å². The summed E-state index contributed by atoms with van der Waals surface area (Å²) in [7, 11) is 3.60. The Hall–Kier alpha value is -2.01. The number of aromatic nitrogens is 2. The molecule has 0 saturated carbocycles. The van der Waals surface area contributed by atoms with Crippen LogP contribution in [0.25, 0.3) is 0 Å². The largest absolute Gasteiger partial charge is 0.496 e. The number of halogens is 1. The van der Waals surface area contributed by atoms with E-state index in [0.717, 1.165) is 22.4 Å². The van der Waals surface area contributed by atoms with Crippen LogP contribution >= 0.6 is 11.6 Å². The number of aryl methyl sites for hydroxylation is 2.